The summed E-state index contributed by atoms with van der Waals surface area (Å²) < 4.78 is 5.59. The molecule has 72 valence electrons. The number of aryl methyl sites for hydroxylation is 1. The summed E-state index contributed by atoms with van der Waals surface area (Å²) in [5.41, 5.74) is 8.11. The van der Waals surface area contributed by atoms with Crippen LogP contribution >= 0.6 is 12.4 Å². The van der Waals surface area contributed by atoms with Crippen LogP contribution in [-0.2, 0) is 6.42 Å². The Hall–Kier alpha value is -0.730. The molecule has 1 aromatic carbocycles. The van der Waals surface area contributed by atoms with Gasteiger partial charge in [-0.25, -0.2) is 0 Å². The third-order valence-electron chi connectivity index (χ3n) is 2.22. The topological polar surface area (TPSA) is 35.2 Å². The first kappa shape index (κ1) is 10.4. The van der Waals surface area contributed by atoms with E-state index in [1.807, 2.05) is 6.07 Å². The lowest BCUT2D eigenvalue weighted by molar-refractivity contribution is 0.241. The Morgan fingerprint density at radius 2 is 2.31 bits per heavy atom. The maximum absolute atomic E-state index is 5.59. The zero-order chi connectivity index (χ0) is 8.55. The molecule has 0 saturated heterocycles. The number of nitrogens with two attached hydrogens (primary N) is 1. The zero-order valence-electron chi connectivity index (χ0n) is 7.62. The predicted molar refractivity (Wildman–Crippen MR) is 55.6 cm³/mol. The van der Waals surface area contributed by atoms with Crippen LogP contribution in [0.4, 0.5) is 0 Å². The van der Waals surface area contributed by atoms with E-state index in [0.717, 1.165) is 12.2 Å². The minimum Gasteiger partial charge on any atom is -0.488 e. The summed E-state index contributed by atoms with van der Waals surface area (Å²) in [6, 6.07) is 6.27. The molecule has 0 radical (unpaired) electrons. The number of halogens is 1. The largest absolute Gasteiger partial charge is 0.488 e. The molecule has 0 aliphatic carbocycles. The van der Waals surface area contributed by atoms with Gasteiger partial charge >= 0.3 is 0 Å². The lowest BCUT2D eigenvalue weighted by Crippen LogP contribution is -2.24. The Morgan fingerprint density at radius 3 is 3.00 bits per heavy atom. The van der Waals surface area contributed by atoms with Crippen molar-refractivity contribution in [1.82, 2.24) is 0 Å². The minimum atomic E-state index is 0. The van der Waals surface area contributed by atoms with Crippen molar-refractivity contribution < 1.29 is 4.74 Å². The summed E-state index contributed by atoms with van der Waals surface area (Å²) in [6.07, 6.45) is 1.16. The van der Waals surface area contributed by atoms with E-state index in [9.17, 15) is 0 Å². The molecule has 1 aliphatic rings. The van der Waals surface area contributed by atoms with Crippen LogP contribution in [0.25, 0.3) is 0 Å². The second kappa shape index (κ2) is 3.99. The number of fused-ring (bicyclic) bond motifs is 1. The van der Waals surface area contributed by atoms with E-state index in [4.69, 9.17) is 10.5 Å². The number of rotatable bonds is 1. The standard InChI is InChI=1S/C10H13NO.ClH/c1-7-2-3-10-8(4-7)5-9(6-11)12-10;/h2-4,9H,5-6,11H2,1H3;1H. The summed E-state index contributed by atoms with van der Waals surface area (Å²) in [5, 5.41) is 0. The fraction of sp³-hybridized carbons (Fsp3) is 0.400. The lowest BCUT2D eigenvalue weighted by atomic mass is 10.1. The SMILES string of the molecule is Cc1ccc2c(c1)CC(CN)O2.Cl. The molecule has 0 saturated carbocycles. The molecule has 2 N–H and O–H groups in total. The van der Waals surface area contributed by atoms with Crippen LogP contribution in [0.15, 0.2) is 18.2 Å². The van der Waals surface area contributed by atoms with Crippen LogP contribution in [0.3, 0.4) is 0 Å². The maximum atomic E-state index is 5.59. The molecule has 0 amide bonds. The van der Waals surface area contributed by atoms with Crippen molar-refractivity contribution >= 4 is 12.4 Å². The fourth-order valence-electron chi connectivity index (χ4n) is 1.58. The van der Waals surface area contributed by atoms with Crippen LogP contribution in [0.1, 0.15) is 11.1 Å². The van der Waals surface area contributed by atoms with Gasteiger partial charge in [0.15, 0.2) is 0 Å². The Kier molecular flexibility index (Phi) is 3.17. The Morgan fingerprint density at radius 1 is 1.54 bits per heavy atom. The maximum Gasteiger partial charge on any atom is 0.123 e. The monoisotopic (exact) mass is 199 g/mol. The third kappa shape index (κ3) is 1.95. The normalized spacial score (nSPS) is 18.8. The quantitative estimate of drug-likeness (QED) is 0.747. The second-order valence-corrected chi connectivity index (χ2v) is 3.29. The van der Waals surface area contributed by atoms with Gasteiger partial charge in [0.25, 0.3) is 0 Å². The highest BCUT2D eigenvalue weighted by molar-refractivity contribution is 5.85. The molecule has 1 aromatic rings. The summed E-state index contributed by atoms with van der Waals surface area (Å²) in [7, 11) is 0. The van der Waals surface area contributed by atoms with Crippen molar-refractivity contribution in [3.63, 3.8) is 0 Å². The zero-order valence-corrected chi connectivity index (χ0v) is 8.43. The molecule has 1 unspecified atom stereocenters. The van der Waals surface area contributed by atoms with Gasteiger partial charge in [-0.15, -0.1) is 12.4 Å². The number of hydrogen-bond donors (Lipinski definition) is 1. The molecule has 2 nitrogen and oxygen atoms in total. The van der Waals surface area contributed by atoms with E-state index in [2.05, 4.69) is 19.1 Å². The molecule has 0 spiro atoms. The summed E-state index contributed by atoms with van der Waals surface area (Å²) >= 11 is 0. The van der Waals surface area contributed by atoms with E-state index in [1.54, 1.807) is 0 Å². The molecule has 0 aromatic heterocycles. The third-order valence-corrected chi connectivity index (χ3v) is 2.22. The van der Waals surface area contributed by atoms with Crippen LogP contribution in [0, 0.1) is 6.92 Å². The van der Waals surface area contributed by atoms with E-state index in [0.29, 0.717) is 6.54 Å². The molecule has 1 aliphatic heterocycles. The summed E-state index contributed by atoms with van der Waals surface area (Å²) in [4.78, 5) is 0. The van der Waals surface area contributed by atoms with Crippen LogP contribution in [-0.4, -0.2) is 12.6 Å². The fourth-order valence-corrected chi connectivity index (χ4v) is 1.58. The van der Waals surface area contributed by atoms with Crippen LogP contribution in [0.2, 0.25) is 0 Å². The van der Waals surface area contributed by atoms with Gasteiger partial charge in [-0.1, -0.05) is 17.7 Å². The molecular weight excluding hydrogens is 186 g/mol. The van der Waals surface area contributed by atoms with Crippen molar-refractivity contribution in [2.45, 2.75) is 19.4 Å². The number of ether oxygens (including phenoxy) is 1. The van der Waals surface area contributed by atoms with Crippen molar-refractivity contribution in [2.75, 3.05) is 6.54 Å². The minimum absolute atomic E-state index is 0. The molecular formula is C10H14ClNO. The van der Waals surface area contributed by atoms with Gasteiger partial charge in [-0.05, 0) is 18.6 Å². The molecule has 1 heterocycles. The molecule has 3 heteroatoms. The molecule has 0 fully saturated rings. The summed E-state index contributed by atoms with van der Waals surface area (Å²) in [6.45, 7) is 2.70. The Balaban J connectivity index is 0.000000845. The number of benzene rings is 1. The molecule has 2 rings (SSSR count). The van der Waals surface area contributed by atoms with Gasteiger partial charge in [-0.3, -0.25) is 0 Å². The highest BCUT2D eigenvalue weighted by atomic mass is 35.5. The average molecular weight is 200 g/mol. The first-order valence-corrected chi connectivity index (χ1v) is 4.26. The van der Waals surface area contributed by atoms with Gasteiger partial charge in [-0.2, -0.15) is 0 Å². The first-order valence-electron chi connectivity index (χ1n) is 4.26. The van der Waals surface area contributed by atoms with E-state index >= 15 is 0 Å². The lowest BCUT2D eigenvalue weighted by Gasteiger charge is -2.05. The number of hydrogen-bond acceptors (Lipinski definition) is 2. The van der Waals surface area contributed by atoms with E-state index in [1.165, 1.54) is 11.1 Å². The molecule has 13 heavy (non-hydrogen) atoms. The van der Waals surface area contributed by atoms with Crippen LogP contribution < -0.4 is 10.5 Å². The molecule has 1 atom stereocenters. The van der Waals surface area contributed by atoms with E-state index in [-0.39, 0.29) is 18.5 Å². The van der Waals surface area contributed by atoms with Gasteiger partial charge in [0.2, 0.25) is 0 Å². The van der Waals surface area contributed by atoms with Crippen molar-refractivity contribution in [1.29, 1.82) is 0 Å². The predicted octanol–water partition coefficient (Wildman–Crippen LogP) is 1.68. The van der Waals surface area contributed by atoms with Gasteiger partial charge in [0, 0.05) is 13.0 Å². The Bertz CT molecular complexity index is 301. The first-order chi connectivity index (χ1) is 5.79. The van der Waals surface area contributed by atoms with Crippen molar-refractivity contribution in [2.24, 2.45) is 5.73 Å². The second-order valence-electron chi connectivity index (χ2n) is 3.29. The van der Waals surface area contributed by atoms with Crippen molar-refractivity contribution in [3.05, 3.63) is 29.3 Å². The highest BCUT2D eigenvalue weighted by Gasteiger charge is 2.20. The van der Waals surface area contributed by atoms with E-state index < -0.39 is 0 Å². The highest BCUT2D eigenvalue weighted by Crippen LogP contribution is 2.28. The van der Waals surface area contributed by atoms with Crippen LogP contribution in [0.5, 0.6) is 5.75 Å². The average Bonchev–Trinajstić information content (AvgIpc) is 2.46. The Labute approximate surface area is 84.5 Å². The van der Waals surface area contributed by atoms with Gasteiger partial charge in [0.1, 0.15) is 11.9 Å². The smallest absolute Gasteiger partial charge is 0.123 e. The summed E-state index contributed by atoms with van der Waals surface area (Å²) in [5.74, 6) is 1.01. The van der Waals surface area contributed by atoms with Gasteiger partial charge < -0.3 is 10.5 Å². The van der Waals surface area contributed by atoms with Crippen molar-refractivity contribution in [3.8, 4) is 5.75 Å². The molecule has 0 bridgehead atoms. The van der Waals surface area contributed by atoms with Gasteiger partial charge in [0.05, 0.1) is 0 Å².